The molecule has 2 N–H and O–H groups in total. The highest BCUT2D eigenvalue weighted by molar-refractivity contribution is 5.93. The van der Waals surface area contributed by atoms with Crippen molar-refractivity contribution >= 4 is 22.9 Å². The van der Waals surface area contributed by atoms with Crippen molar-refractivity contribution in [1.29, 1.82) is 0 Å². The van der Waals surface area contributed by atoms with Gasteiger partial charge in [0.1, 0.15) is 24.2 Å². The maximum absolute atomic E-state index is 13.7. The zero-order valence-corrected chi connectivity index (χ0v) is 23.0. The summed E-state index contributed by atoms with van der Waals surface area (Å²) >= 11 is 0. The van der Waals surface area contributed by atoms with Crippen LogP contribution in [0.5, 0.6) is 11.5 Å². The number of carbonyl (C=O) groups excluding carboxylic acids is 1. The number of para-hydroxylation sites is 1. The molecule has 0 aliphatic carbocycles. The summed E-state index contributed by atoms with van der Waals surface area (Å²) in [6.07, 6.45) is 4.64. The molecule has 0 fully saturated rings. The molecule has 40 heavy (non-hydrogen) atoms. The summed E-state index contributed by atoms with van der Waals surface area (Å²) in [5.74, 6) is 1.59. The van der Waals surface area contributed by atoms with Gasteiger partial charge in [-0.3, -0.25) is 4.79 Å². The lowest BCUT2D eigenvalue weighted by molar-refractivity contribution is -0.128. The molecular formula is C33H35N3O4. The van der Waals surface area contributed by atoms with E-state index in [9.17, 15) is 9.90 Å². The van der Waals surface area contributed by atoms with Gasteiger partial charge in [0.2, 0.25) is 5.91 Å². The summed E-state index contributed by atoms with van der Waals surface area (Å²) in [5, 5.41) is 11.3. The molecule has 6 rings (SSSR count). The molecule has 7 heteroatoms. The van der Waals surface area contributed by atoms with E-state index in [0.29, 0.717) is 25.4 Å². The number of fused-ring (bicyclic) bond motifs is 4. The number of benzene rings is 3. The molecule has 1 unspecified atom stereocenters. The van der Waals surface area contributed by atoms with Crippen LogP contribution in [0.25, 0.3) is 17.0 Å². The molecule has 206 valence electrons. The molecule has 0 spiro atoms. The fourth-order valence-corrected chi connectivity index (χ4v) is 5.81. The lowest BCUT2D eigenvalue weighted by Crippen LogP contribution is -2.39. The van der Waals surface area contributed by atoms with Gasteiger partial charge in [-0.15, -0.1) is 0 Å². The maximum Gasteiger partial charge on any atom is 0.247 e. The second-order valence-electron chi connectivity index (χ2n) is 10.8. The predicted molar refractivity (Wildman–Crippen MR) is 157 cm³/mol. The fraction of sp³-hybridized carbons (Fsp3) is 0.303. The summed E-state index contributed by atoms with van der Waals surface area (Å²) in [5.41, 5.74) is 6.67. The minimum atomic E-state index is -0.555. The van der Waals surface area contributed by atoms with Gasteiger partial charge in [0.05, 0.1) is 12.6 Å². The molecule has 3 aromatic carbocycles. The molecule has 1 aromatic heterocycles. The standard InChI is InChI=1S/C33H35N3O4/c1-35(2)20-25(37)21-40-26-11-7-22(8-12-26)9-14-31(38)36-17-15-28-27-5-3-4-6-29(27)34-32(28)33(36)24-10-13-30-23(19-24)16-18-39-30/h3-14,19,25,33-34,37H,15-18,20-21H2,1-2H3/t25-,33?/m1/s1. The van der Waals surface area contributed by atoms with E-state index in [4.69, 9.17) is 9.47 Å². The smallest absolute Gasteiger partial charge is 0.247 e. The molecular weight excluding hydrogens is 502 g/mol. The molecule has 2 aliphatic heterocycles. The normalized spacial score (nSPS) is 17.2. The number of aliphatic hydroxyl groups is 1. The average Bonchev–Trinajstić information content (AvgIpc) is 3.58. The van der Waals surface area contributed by atoms with Crippen molar-refractivity contribution in [1.82, 2.24) is 14.8 Å². The number of carbonyl (C=O) groups is 1. The van der Waals surface area contributed by atoms with Crippen LogP contribution in [0.2, 0.25) is 0 Å². The highest BCUT2D eigenvalue weighted by atomic mass is 16.5. The van der Waals surface area contributed by atoms with Gasteiger partial charge in [0.25, 0.3) is 0 Å². The Labute approximate surface area is 234 Å². The molecule has 3 heterocycles. The van der Waals surface area contributed by atoms with Gasteiger partial charge in [-0.1, -0.05) is 36.4 Å². The summed E-state index contributed by atoms with van der Waals surface area (Å²) in [4.78, 5) is 21.2. The Bertz CT molecular complexity index is 1540. The van der Waals surface area contributed by atoms with Crippen LogP contribution in [0.15, 0.2) is 72.8 Å². The van der Waals surface area contributed by atoms with Crippen molar-refractivity contribution in [3.63, 3.8) is 0 Å². The number of H-pyrrole nitrogens is 1. The van der Waals surface area contributed by atoms with Gasteiger partial charge in [-0.2, -0.15) is 0 Å². The first-order valence-electron chi connectivity index (χ1n) is 13.9. The number of aromatic amines is 1. The zero-order valence-electron chi connectivity index (χ0n) is 23.0. The van der Waals surface area contributed by atoms with Crippen LogP contribution in [0.4, 0.5) is 0 Å². The van der Waals surface area contributed by atoms with Crippen molar-refractivity contribution in [2.24, 2.45) is 0 Å². The Morgan fingerprint density at radius 2 is 1.98 bits per heavy atom. The third-order valence-corrected chi connectivity index (χ3v) is 7.66. The highest BCUT2D eigenvalue weighted by Gasteiger charge is 2.34. The Kier molecular flexibility index (Phi) is 7.32. The van der Waals surface area contributed by atoms with E-state index in [1.807, 2.05) is 66.4 Å². The monoisotopic (exact) mass is 537 g/mol. The first-order valence-corrected chi connectivity index (χ1v) is 13.9. The number of hydrogen-bond donors (Lipinski definition) is 2. The number of rotatable bonds is 8. The number of likely N-dealkylation sites (N-methyl/N-ethyl adjacent to an activating group) is 1. The summed E-state index contributed by atoms with van der Waals surface area (Å²) < 4.78 is 11.5. The molecule has 7 nitrogen and oxygen atoms in total. The summed E-state index contributed by atoms with van der Waals surface area (Å²) in [6.45, 7) is 2.11. The van der Waals surface area contributed by atoms with E-state index in [1.165, 1.54) is 16.5 Å². The Morgan fingerprint density at radius 1 is 1.15 bits per heavy atom. The molecule has 0 saturated carbocycles. The molecule has 0 bridgehead atoms. The van der Waals surface area contributed by atoms with Crippen LogP contribution in [-0.4, -0.2) is 72.3 Å². The van der Waals surface area contributed by atoms with E-state index in [1.54, 1.807) is 6.08 Å². The molecule has 2 aliphatic rings. The number of nitrogens with one attached hydrogen (secondary N) is 1. The van der Waals surface area contributed by atoms with Gasteiger partial charge in [0, 0.05) is 42.2 Å². The van der Waals surface area contributed by atoms with Crippen LogP contribution >= 0.6 is 0 Å². The second kappa shape index (κ2) is 11.2. The topological polar surface area (TPSA) is 78.0 Å². The number of amides is 1. The number of aliphatic hydroxyl groups excluding tert-OH is 1. The van der Waals surface area contributed by atoms with E-state index in [-0.39, 0.29) is 18.6 Å². The van der Waals surface area contributed by atoms with E-state index < -0.39 is 6.10 Å². The van der Waals surface area contributed by atoms with Crippen molar-refractivity contribution in [2.75, 3.05) is 40.4 Å². The molecule has 0 saturated heterocycles. The van der Waals surface area contributed by atoms with Crippen LogP contribution in [0, 0.1) is 0 Å². The quantitative estimate of drug-likeness (QED) is 0.322. The number of aromatic nitrogens is 1. The first-order chi connectivity index (χ1) is 19.5. The van der Waals surface area contributed by atoms with Gasteiger partial charge in [0.15, 0.2) is 0 Å². The largest absolute Gasteiger partial charge is 0.493 e. The van der Waals surface area contributed by atoms with Crippen molar-refractivity contribution in [2.45, 2.75) is 25.0 Å². The maximum atomic E-state index is 13.7. The van der Waals surface area contributed by atoms with Gasteiger partial charge in [-0.25, -0.2) is 0 Å². The number of ether oxygens (including phenoxy) is 2. The number of hydrogen-bond acceptors (Lipinski definition) is 5. The molecule has 2 atom stereocenters. The van der Waals surface area contributed by atoms with Gasteiger partial charge >= 0.3 is 0 Å². The van der Waals surface area contributed by atoms with Gasteiger partial charge in [-0.05, 0) is 79.2 Å². The molecule has 4 aromatic rings. The zero-order chi connectivity index (χ0) is 27.6. The van der Waals surface area contributed by atoms with E-state index in [2.05, 4.69) is 35.3 Å². The minimum Gasteiger partial charge on any atom is -0.493 e. The van der Waals surface area contributed by atoms with Crippen LogP contribution in [-0.2, 0) is 17.6 Å². The lowest BCUT2D eigenvalue weighted by atomic mass is 9.91. The third-order valence-electron chi connectivity index (χ3n) is 7.66. The lowest BCUT2D eigenvalue weighted by Gasteiger charge is -2.36. The Balaban J connectivity index is 1.23. The molecule has 1 amide bonds. The van der Waals surface area contributed by atoms with Crippen molar-refractivity contribution in [3.05, 3.63) is 101 Å². The van der Waals surface area contributed by atoms with Gasteiger partial charge < -0.3 is 29.4 Å². The van der Waals surface area contributed by atoms with Crippen molar-refractivity contribution < 1.29 is 19.4 Å². The third kappa shape index (κ3) is 5.35. The van der Waals surface area contributed by atoms with Crippen molar-refractivity contribution in [3.8, 4) is 11.5 Å². The van der Waals surface area contributed by atoms with E-state index in [0.717, 1.165) is 40.9 Å². The Morgan fingerprint density at radius 3 is 2.80 bits per heavy atom. The summed E-state index contributed by atoms with van der Waals surface area (Å²) in [7, 11) is 3.83. The van der Waals surface area contributed by atoms with Crippen LogP contribution in [0.1, 0.15) is 34.0 Å². The Hall–Kier alpha value is -4.07. The molecule has 0 radical (unpaired) electrons. The van der Waals surface area contributed by atoms with Crippen LogP contribution < -0.4 is 9.47 Å². The summed E-state index contributed by atoms with van der Waals surface area (Å²) in [6, 6.07) is 22.1. The number of nitrogens with zero attached hydrogens (tertiary/aromatic N) is 2. The predicted octanol–water partition coefficient (Wildman–Crippen LogP) is 4.59. The average molecular weight is 538 g/mol. The first kappa shape index (κ1) is 26.2. The van der Waals surface area contributed by atoms with Crippen LogP contribution in [0.3, 0.4) is 0 Å². The fourth-order valence-electron chi connectivity index (χ4n) is 5.81. The second-order valence-corrected chi connectivity index (χ2v) is 10.8. The SMILES string of the molecule is CN(C)C[C@@H](O)COc1ccc(C=CC(=O)N2CCc3c([nH]c4ccccc34)C2c2ccc3c(c2)CCO3)cc1. The minimum absolute atomic E-state index is 0.0295. The van der Waals surface area contributed by atoms with E-state index >= 15 is 0 Å². The highest BCUT2D eigenvalue weighted by Crippen LogP contribution is 2.40.